The highest BCUT2D eigenvalue weighted by Crippen LogP contribution is 2.22. The zero-order chi connectivity index (χ0) is 20.5. The van der Waals surface area contributed by atoms with Gasteiger partial charge in [0.1, 0.15) is 0 Å². The second-order valence-corrected chi connectivity index (χ2v) is 7.42. The largest absolute Gasteiger partial charge is 0.455 e. The van der Waals surface area contributed by atoms with Gasteiger partial charge in [0.25, 0.3) is 5.91 Å². The van der Waals surface area contributed by atoms with Crippen LogP contribution in [-0.4, -0.2) is 35.9 Å². The van der Waals surface area contributed by atoms with Gasteiger partial charge >= 0.3 is 5.97 Å². The molecular formula is C20H21ClN2O4S. The number of hydrogen-bond donors (Lipinski definition) is 2. The molecule has 0 radical (unpaired) electrons. The first-order valence-corrected chi connectivity index (χ1v) is 10.0. The average molecular weight is 421 g/mol. The minimum Gasteiger partial charge on any atom is -0.455 e. The third-order valence-electron chi connectivity index (χ3n) is 3.66. The summed E-state index contributed by atoms with van der Waals surface area (Å²) < 4.78 is 4.93. The lowest BCUT2D eigenvalue weighted by molar-refractivity contribution is -0.144. The second kappa shape index (κ2) is 10.7. The topological polar surface area (TPSA) is 84.5 Å². The smallest absolute Gasteiger partial charge is 0.316 e. The number of halogens is 1. The Morgan fingerprint density at radius 2 is 1.75 bits per heavy atom. The molecule has 0 spiro atoms. The number of aryl methyl sites for hydroxylation is 1. The summed E-state index contributed by atoms with van der Waals surface area (Å²) in [6, 6.07) is 12.6. The Bertz CT molecular complexity index is 873. The maximum absolute atomic E-state index is 11.9. The standard InChI is InChI=1S/C20H21ClN2O4S/c1-13-5-3-6-15(9-13)22-19(25)11-28-12-20(26)27-10-18(24)23-17-8-4-7-16(21)14(17)2/h3-9H,10-12H2,1-2H3,(H,22,25)(H,23,24). The van der Waals surface area contributed by atoms with Crippen molar-refractivity contribution < 1.29 is 19.1 Å². The van der Waals surface area contributed by atoms with Crippen molar-refractivity contribution in [2.75, 3.05) is 28.7 Å². The van der Waals surface area contributed by atoms with Gasteiger partial charge in [-0.05, 0) is 49.2 Å². The van der Waals surface area contributed by atoms with Gasteiger partial charge in [-0.1, -0.05) is 29.8 Å². The lowest BCUT2D eigenvalue weighted by Crippen LogP contribution is -2.22. The number of carbonyl (C=O) groups is 3. The van der Waals surface area contributed by atoms with Crippen LogP contribution in [0.4, 0.5) is 11.4 Å². The molecule has 28 heavy (non-hydrogen) atoms. The van der Waals surface area contributed by atoms with Crippen LogP contribution in [0.15, 0.2) is 42.5 Å². The predicted molar refractivity (Wildman–Crippen MR) is 113 cm³/mol. The molecule has 0 fully saturated rings. The van der Waals surface area contributed by atoms with E-state index in [1.165, 1.54) is 0 Å². The van der Waals surface area contributed by atoms with E-state index in [0.717, 1.165) is 22.9 Å². The van der Waals surface area contributed by atoms with Gasteiger partial charge < -0.3 is 15.4 Å². The van der Waals surface area contributed by atoms with E-state index < -0.39 is 18.5 Å². The van der Waals surface area contributed by atoms with E-state index in [-0.39, 0.29) is 17.4 Å². The molecule has 0 aliphatic heterocycles. The predicted octanol–water partition coefficient (Wildman–Crippen LogP) is 3.81. The van der Waals surface area contributed by atoms with E-state index >= 15 is 0 Å². The molecule has 0 saturated carbocycles. The van der Waals surface area contributed by atoms with E-state index in [9.17, 15) is 14.4 Å². The summed E-state index contributed by atoms with van der Waals surface area (Å²) in [4.78, 5) is 35.5. The van der Waals surface area contributed by atoms with Gasteiger partial charge in [-0.3, -0.25) is 14.4 Å². The lowest BCUT2D eigenvalue weighted by atomic mass is 10.2. The van der Waals surface area contributed by atoms with Crippen LogP contribution in [-0.2, 0) is 19.1 Å². The summed E-state index contributed by atoms with van der Waals surface area (Å²) in [7, 11) is 0. The van der Waals surface area contributed by atoms with E-state index in [1.807, 2.05) is 25.1 Å². The van der Waals surface area contributed by atoms with Gasteiger partial charge in [0.2, 0.25) is 5.91 Å². The number of rotatable bonds is 8. The van der Waals surface area contributed by atoms with Crippen molar-refractivity contribution in [1.29, 1.82) is 0 Å². The Hall–Kier alpha value is -2.51. The fourth-order valence-corrected chi connectivity index (χ4v) is 3.05. The summed E-state index contributed by atoms with van der Waals surface area (Å²) in [5, 5.41) is 5.94. The Morgan fingerprint density at radius 3 is 2.50 bits per heavy atom. The normalized spacial score (nSPS) is 10.2. The number of hydrogen-bond acceptors (Lipinski definition) is 5. The second-order valence-electron chi connectivity index (χ2n) is 6.03. The summed E-state index contributed by atoms with van der Waals surface area (Å²) >= 11 is 7.11. The number of carbonyl (C=O) groups excluding carboxylic acids is 3. The fraction of sp³-hybridized carbons (Fsp3) is 0.250. The SMILES string of the molecule is Cc1cccc(NC(=O)CSCC(=O)OCC(=O)Nc2cccc(Cl)c2C)c1. The maximum Gasteiger partial charge on any atom is 0.316 e. The highest BCUT2D eigenvalue weighted by molar-refractivity contribution is 8.00. The minimum absolute atomic E-state index is 0.0231. The summed E-state index contributed by atoms with van der Waals surface area (Å²) in [5.41, 5.74) is 3.05. The van der Waals surface area contributed by atoms with E-state index in [2.05, 4.69) is 10.6 Å². The first-order chi connectivity index (χ1) is 13.3. The van der Waals surface area contributed by atoms with Crippen molar-refractivity contribution in [3.8, 4) is 0 Å². The van der Waals surface area contributed by atoms with Crippen molar-refractivity contribution >= 4 is 52.5 Å². The van der Waals surface area contributed by atoms with Crippen LogP contribution in [0, 0.1) is 13.8 Å². The molecule has 0 atom stereocenters. The first-order valence-electron chi connectivity index (χ1n) is 8.50. The van der Waals surface area contributed by atoms with Crippen LogP contribution >= 0.6 is 23.4 Å². The van der Waals surface area contributed by atoms with Crippen molar-refractivity contribution in [3.63, 3.8) is 0 Å². The highest BCUT2D eigenvalue weighted by atomic mass is 35.5. The number of anilines is 2. The molecule has 0 aliphatic carbocycles. The summed E-state index contributed by atoms with van der Waals surface area (Å²) in [6.07, 6.45) is 0. The summed E-state index contributed by atoms with van der Waals surface area (Å²) in [5.74, 6) is -1.15. The monoisotopic (exact) mass is 420 g/mol. The van der Waals surface area contributed by atoms with Gasteiger partial charge in [0.15, 0.2) is 6.61 Å². The molecule has 0 unspecified atom stereocenters. The molecule has 2 aromatic carbocycles. The highest BCUT2D eigenvalue weighted by Gasteiger charge is 2.11. The van der Waals surface area contributed by atoms with Crippen LogP contribution < -0.4 is 10.6 Å². The van der Waals surface area contributed by atoms with Crippen molar-refractivity contribution in [1.82, 2.24) is 0 Å². The molecule has 2 rings (SSSR count). The van der Waals surface area contributed by atoms with E-state index in [0.29, 0.717) is 16.4 Å². The van der Waals surface area contributed by atoms with Crippen LogP contribution in [0.2, 0.25) is 5.02 Å². The number of thioether (sulfide) groups is 1. The van der Waals surface area contributed by atoms with Crippen LogP contribution in [0.25, 0.3) is 0 Å². The van der Waals surface area contributed by atoms with Gasteiger partial charge in [0, 0.05) is 16.4 Å². The molecular weight excluding hydrogens is 400 g/mol. The van der Waals surface area contributed by atoms with Crippen molar-refractivity contribution in [2.45, 2.75) is 13.8 Å². The Morgan fingerprint density at radius 1 is 1.00 bits per heavy atom. The van der Waals surface area contributed by atoms with Gasteiger partial charge in [0.05, 0.1) is 11.5 Å². The van der Waals surface area contributed by atoms with Gasteiger partial charge in [-0.15, -0.1) is 11.8 Å². The molecule has 6 nitrogen and oxygen atoms in total. The molecule has 0 saturated heterocycles. The van der Waals surface area contributed by atoms with Crippen molar-refractivity contribution in [2.24, 2.45) is 0 Å². The van der Waals surface area contributed by atoms with Crippen LogP contribution in [0.1, 0.15) is 11.1 Å². The number of esters is 1. The van der Waals surface area contributed by atoms with Gasteiger partial charge in [-0.25, -0.2) is 0 Å². The van der Waals surface area contributed by atoms with Crippen LogP contribution in [0.3, 0.4) is 0 Å². The lowest BCUT2D eigenvalue weighted by Gasteiger charge is -2.10. The molecule has 2 aromatic rings. The van der Waals surface area contributed by atoms with Crippen molar-refractivity contribution in [3.05, 3.63) is 58.6 Å². The molecule has 2 N–H and O–H groups in total. The number of nitrogens with one attached hydrogen (secondary N) is 2. The number of ether oxygens (including phenoxy) is 1. The zero-order valence-electron chi connectivity index (χ0n) is 15.6. The third-order valence-corrected chi connectivity index (χ3v) is 4.98. The van der Waals surface area contributed by atoms with E-state index in [4.69, 9.17) is 16.3 Å². The first kappa shape index (κ1) is 21.8. The number of benzene rings is 2. The Kier molecular flexibility index (Phi) is 8.35. The maximum atomic E-state index is 11.9. The average Bonchev–Trinajstić information content (AvgIpc) is 2.64. The Labute approximate surface area is 173 Å². The number of amides is 2. The van der Waals surface area contributed by atoms with E-state index in [1.54, 1.807) is 31.2 Å². The molecule has 0 heterocycles. The minimum atomic E-state index is -0.564. The fourth-order valence-electron chi connectivity index (χ4n) is 2.26. The zero-order valence-corrected chi connectivity index (χ0v) is 17.2. The third kappa shape index (κ3) is 7.25. The molecule has 0 aliphatic rings. The van der Waals surface area contributed by atoms with Crippen LogP contribution in [0.5, 0.6) is 0 Å². The molecule has 2 amide bonds. The molecule has 0 bridgehead atoms. The summed E-state index contributed by atoms with van der Waals surface area (Å²) in [6.45, 7) is 3.31. The molecule has 8 heteroatoms. The molecule has 0 aromatic heterocycles. The Balaban J connectivity index is 1.66. The quantitative estimate of drug-likeness (QED) is 0.634. The molecule has 148 valence electrons. The van der Waals surface area contributed by atoms with Gasteiger partial charge in [-0.2, -0.15) is 0 Å².